The number of rotatable bonds is 2. The number of hydrogen-bond donors (Lipinski definition) is 1. The SMILES string of the molecule is CN(C)[C@@H]1CC[C@H](NC(=O)N2CC[C@H](C(F)(F)F)C2(C)C)C1. The van der Waals surface area contributed by atoms with Crippen LogP contribution in [-0.4, -0.2) is 60.3 Å². The van der Waals surface area contributed by atoms with Gasteiger partial charge in [-0.25, -0.2) is 4.79 Å². The fourth-order valence-electron chi connectivity index (χ4n) is 3.83. The zero-order valence-electron chi connectivity index (χ0n) is 13.7. The molecule has 1 saturated carbocycles. The lowest BCUT2D eigenvalue weighted by Crippen LogP contribution is -2.54. The van der Waals surface area contributed by atoms with E-state index in [0.29, 0.717) is 6.04 Å². The van der Waals surface area contributed by atoms with Gasteiger partial charge in [-0.05, 0) is 53.6 Å². The van der Waals surface area contributed by atoms with Crippen LogP contribution in [0.25, 0.3) is 0 Å². The number of alkyl halides is 3. The Kier molecular flexibility index (Phi) is 4.66. The highest BCUT2D eigenvalue weighted by atomic mass is 19.4. The number of likely N-dealkylation sites (tertiary alicyclic amines) is 1. The van der Waals surface area contributed by atoms with Gasteiger partial charge >= 0.3 is 12.2 Å². The summed E-state index contributed by atoms with van der Waals surface area (Å²) in [5.74, 6) is -1.45. The second-order valence-electron chi connectivity index (χ2n) is 7.27. The molecule has 7 heteroatoms. The van der Waals surface area contributed by atoms with E-state index in [2.05, 4.69) is 10.2 Å². The lowest BCUT2D eigenvalue weighted by Gasteiger charge is -2.37. The molecule has 1 saturated heterocycles. The van der Waals surface area contributed by atoms with Gasteiger partial charge in [-0.15, -0.1) is 0 Å². The molecule has 1 aliphatic heterocycles. The van der Waals surface area contributed by atoms with E-state index >= 15 is 0 Å². The summed E-state index contributed by atoms with van der Waals surface area (Å²) in [5.41, 5.74) is -1.19. The van der Waals surface area contributed by atoms with E-state index in [0.717, 1.165) is 19.3 Å². The second kappa shape index (κ2) is 5.91. The topological polar surface area (TPSA) is 35.6 Å². The van der Waals surface area contributed by atoms with Crippen molar-refractivity contribution in [3.63, 3.8) is 0 Å². The van der Waals surface area contributed by atoms with Crippen LogP contribution in [-0.2, 0) is 0 Å². The first-order chi connectivity index (χ1) is 10.0. The predicted octanol–water partition coefficient (Wildman–Crippen LogP) is 2.84. The summed E-state index contributed by atoms with van der Waals surface area (Å²) in [6.07, 6.45) is -1.54. The number of urea groups is 1. The minimum absolute atomic E-state index is 0.0189. The number of hydrogen-bond acceptors (Lipinski definition) is 2. The van der Waals surface area contributed by atoms with Gasteiger partial charge in [0.05, 0.1) is 11.5 Å². The van der Waals surface area contributed by atoms with E-state index in [-0.39, 0.29) is 25.0 Å². The van der Waals surface area contributed by atoms with Crippen LogP contribution in [0.15, 0.2) is 0 Å². The molecule has 3 atom stereocenters. The number of carbonyl (C=O) groups excluding carboxylic acids is 1. The van der Waals surface area contributed by atoms with Crippen molar-refractivity contribution >= 4 is 6.03 Å². The third-order valence-electron chi connectivity index (χ3n) is 5.29. The van der Waals surface area contributed by atoms with Crippen molar-refractivity contribution in [3.05, 3.63) is 0 Å². The van der Waals surface area contributed by atoms with E-state index in [1.165, 1.54) is 18.7 Å². The number of nitrogens with zero attached hydrogens (tertiary/aromatic N) is 2. The number of halogens is 3. The van der Waals surface area contributed by atoms with Crippen molar-refractivity contribution in [1.29, 1.82) is 0 Å². The molecule has 22 heavy (non-hydrogen) atoms. The number of carbonyl (C=O) groups is 1. The van der Waals surface area contributed by atoms with Crippen LogP contribution in [0.3, 0.4) is 0 Å². The number of nitrogens with one attached hydrogen (secondary N) is 1. The zero-order chi connectivity index (χ0) is 16.7. The van der Waals surface area contributed by atoms with Gasteiger partial charge in [0.1, 0.15) is 0 Å². The van der Waals surface area contributed by atoms with Gasteiger partial charge in [0.15, 0.2) is 0 Å². The highest BCUT2D eigenvalue weighted by Gasteiger charge is 2.56. The van der Waals surface area contributed by atoms with Gasteiger partial charge in [0, 0.05) is 18.6 Å². The molecule has 0 unspecified atom stereocenters. The maximum atomic E-state index is 13.1. The lowest BCUT2D eigenvalue weighted by molar-refractivity contribution is -0.189. The Balaban J connectivity index is 1.97. The van der Waals surface area contributed by atoms with Crippen molar-refractivity contribution < 1.29 is 18.0 Å². The third kappa shape index (κ3) is 3.34. The monoisotopic (exact) mass is 321 g/mol. The summed E-state index contributed by atoms with van der Waals surface area (Å²) < 4.78 is 39.2. The van der Waals surface area contributed by atoms with Gasteiger partial charge in [-0.3, -0.25) is 0 Å². The molecule has 4 nitrogen and oxygen atoms in total. The van der Waals surface area contributed by atoms with Gasteiger partial charge in [-0.1, -0.05) is 0 Å². The van der Waals surface area contributed by atoms with Crippen LogP contribution in [0.5, 0.6) is 0 Å². The minimum atomic E-state index is -4.26. The quantitative estimate of drug-likeness (QED) is 0.849. The average molecular weight is 321 g/mol. The van der Waals surface area contributed by atoms with Gasteiger partial charge in [-0.2, -0.15) is 13.2 Å². The molecule has 2 fully saturated rings. The van der Waals surface area contributed by atoms with E-state index in [9.17, 15) is 18.0 Å². The summed E-state index contributed by atoms with van der Waals surface area (Å²) >= 11 is 0. The summed E-state index contributed by atoms with van der Waals surface area (Å²) in [6, 6.07) is 0.126. The fourth-order valence-corrected chi connectivity index (χ4v) is 3.83. The van der Waals surface area contributed by atoms with Crippen LogP contribution in [0.4, 0.5) is 18.0 Å². The largest absolute Gasteiger partial charge is 0.394 e. The molecule has 0 bridgehead atoms. The second-order valence-corrected chi connectivity index (χ2v) is 7.27. The summed E-state index contributed by atoms with van der Waals surface area (Å²) in [6.45, 7) is 3.18. The molecular weight excluding hydrogens is 295 g/mol. The number of amides is 2. The molecule has 0 radical (unpaired) electrons. The van der Waals surface area contributed by atoms with Gasteiger partial charge in [0.25, 0.3) is 0 Å². The Labute approximate surface area is 130 Å². The Morgan fingerprint density at radius 1 is 1.23 bits per heavy atom. The molecule has 2 rings (SSSR count). The van der Waals surface area contributed by atoms with Crippen molar-refractivity contribution in [2.75, 3.05) is 20.6 Å². The van der Waals surface area contributed by atoms with E-state index in [1.807, 2.05) is 14.1 Å². The van der Waals surface area contributed by atoms with E-state index in [4.69, 9.17) is 0 Å². The molecule has 0 aromatic rings. The summed E-state index contributed by atoms with van der Waals surface area (Å²) in [5, 5.41) is 2.93. The van der Waals surface area contributed by atoms with Crippen LogP contribution in [0, 0.1) is 5.92 Å². The Bertz CT molecular complexity index is 423. The molecule has 0 aromatic heterocycles. The Morgan fingerprint density at radius 3 is 2.32 bits per heavy atom. The van der Waals surface area contributed by atoms with E-state index in [1.54, 1.807) is 0 Å². The lowest BCUT2D eigenvalue weighted by atomic mass is 9.88. The molecule has 2 aliphatic rings. The van der Waals surface area contributed by atoms with Crippen LogP contribution >= 0.6 is 0 Å². The van der Waals surface area contributed by atoms with Gasteiger partial charge in [0.2, 0.25) is 0 Å². The maximum absolute atomic E-state index is 13.1. The van der Waals surface area contributed by atoms with Crippen molar-refractivity contribution in [1.82, 2.24) is 15.1 Å². The molecule has 128 valence electrons. The summed E-state index contributed by atoms with van der Waals surface area (Å²) in [4.78, 5) is 15.9. The van der Waals surface area contributed by atoms with Crippen LogP contribution in [0.2, 0.25) is 0 Å². The standard InChI is InChI=1S/C15H26F3N3O/c1-14(2)12(15(16,17)18)7-8-21(14)13(22)19-10-5-6-11(9-10)20(3)4/h10-12H,5-9H2,1-4H3,(H,19,22)/t10-,11+,12-/m0/s1. The first-order valence-corrected chi connectivity index (χ1v) is 7.84. The molecule has 1 N–H and O–H groups in total. The first-order valence-electron chi connectivity index (χ1n) is 7.84. The molecule has 0 aromatic carbocycles. The summed E-state index contributed by atoms with van der Waals surface area (Å²) in [7, 11) is 4.01. The average Bonchev–Trinajstić information content (AvgIpc) is 2.91. The molecule has 1 heterocycles. The Morgan fingerprint density at radius 2 is 1.86 bits per heavy atom. The normalized spacial score (nSPS) is 31.8. The maximum Gasteiger partial charge on any atom is 0.394 e. The highest BCUT2D eigenvalue weighted by Crippen LogP contribution is 2.44. The van der Waals surface area contributed by atoms with Crippen LogP contribution < -0.4 is 5.32 Å². The van der Waals surface area contributed by atoms with Crippen LogP contribution in [0.1, 0.15) is 39.5 Å². The van der Waals surface area contributed by atoms with Crippen molar-refractivity contribution in [3.8, 4) is 0 Å². The molecular formula is C15H26F3N3O. The predicted molar refractivity (Wildman–Crippen MR) is 78.6 cm³/mol. The van der Waals surface area contributed by atoms with Crippen molar-refractivity contribution in [2.24, 2.45) is 5.92 Å². The highest BCUT2D eigenvalue weighted by molar-refractivity contribution is 5.76. The third-order valence-corrected chi connectivity index (χ3v) is 5.29. The molecule has 1 aliphatic carbocycles. The Hall–Kier alpha value is -0.980. The minimum Gasteiger partial charge on any atom is -0.335 e. The molecule has 0 spiro atoms. The zero-order valence-corrected chi connectivity index (χ0v) is 13.7. The van der Waals surface area contributed by atoms with E-state index < -0.39 is 17.6 Å². The fraction of sp³-hybridized carbons (Fsp3) is 0.933. The molecule has 2 amide bonds. The van der Waals surface area contributed by atoms with Gasteiger partial charge < -0.3 is 15.1 Å². The van der Waals surface area contributed by atoms with Crippen molar-refractivity contribution in [2.45, 2.75) is 63.3 Å². The smallest absolute Gasteiger partial charge is 0.335 e. The first kappa shape index (κ1) is 17.4.